The number of carbonyl (C=O) groups is 1. The van der Waals surface area contributed by atoms with Gasteiger partial charge in [0.05, 0.1) is 22.2 Å². The predicted octanol–water partition coefficient (Wildman–Crippen LogP) is 3.33. The molecule has 26 heavy (non-hydrogen) atoms. The molecule has 2 aromatic carbocycles. The molecule has 1 atom stereocenters. The molecule has 0 unspecified atom stereocenters. The van der Waals surface area contributed by atoms with Crippen molar-refractivity contribution in [1.29, 1.82) is 0 Å². The van der Waals surface area contributed by atoms with E-state index < -0.39 is 15.8 Å². The Morgan fingerprint density at radius 1 is 1.23 bits per heavy atom. The van der Waals surface area contributed by atoms with E-state index in [4.69, 9.17) is 0 Å². The Morgan fingerprint density at radius 3 is 2.73 bits per heavy atom. The molecule has 0 saturated heterocycles. The Morgan fingerprint density at radius 2 is 2.00 bits per heavy atom. The lowest BCUT2D eigenvalue weighted by atomic mass is 9.97. The fraction of sp³-hybridized carbons (Fsp3) is 0.316. The summed E-state index contributed by atoms with van der Waals surface area (Å²) in [5.41, 5.74) is 3.12. The van der Waals surface area contributed by atoms with Crippen molar-refractivity contribution in [3.8, 4) is 0 Å². The molecule has 7 heteroatoms. The van der Waals surface area contributed by atoms with Crippen molar-refractivity contribution in [2.75, 3.05) is 16.2 Å². The van der Waals surface area contributed by atoms with Gasteiger partial charge in [-0.2, -0.15) is 0 Å². The quantitative estimate of drug-likeness (QED) is 0.896. The van der Waals surface area contributed by atoms with Crippen molar-refractivity contribution in [1.82, 2.24) is 0 Å². The largest absolute Gasteiger partial charge is 0.311 e. The number of hydrogen-bond acceptors (Lipinski definition) is 3. The van der Waals surface area contributed by atoms with Crippen LogP contribution in [0, 0.1) is 12.7 Å². The number of nitrogens with one attached hydrogen (secondary N) is 1. The first-order valence-electron chi connectivity index (χ1n) is 8.55. The van der Waals surface area contributed by atoms with Crippen molar-refractivity contribution >= 4 is 27.3 Å². The van der Waals surface area contributed by atoms with Crippen molar-refractivity contribution in [2.24, 2.45) is 0 Å². The van der Waals surface area contributed by atoms with Crippen LogP contribution in [0.5, 0.6) is 0 Å². The summed E-state index contributed by atoms with van der Waals surface area (Å²) >= 11 is 0. The summed E-state index contributed by atoms with van der Waals surface area (Å²) in [5, 5.41) is 0. The number of rotatable bonds is 3. The first-order chi connectivity index (χ1) is 12.3. The number of benzene rings is 2. The van der Waals surface area contributed by atoms with Gasteiger partial charge in [0, 0.05) is 6.54 Å². The predicted molar refractivity (Wildman–Crippen MR) is 97.5 cm³/mol. The number of anilines is 2. The Kier molecular flexibility index (Phi) is 3.80. The zero-order valence-electron chi connectivity index (χ0n) is 14.5. The zero-order valence-corrected chi connectivity index (χ0v) is 15.4. The lowest BCUT2D eigenvalue weighted by Gasteiger charge is -2.26. The SMILES string of the molecule is Cc1ccc(NS(=O)(=O)c2cc3c4c(c2)[C@H](C)C(=O)N4CCC3)cc1F. The molecule has 0 radical (unpaired) electrons. The summed E-state index contributed by atoms with van der Waals surface area (Å²) in [6.45, 7) is 4.09. The van der Waals surface area contributed by atoms with E-state index in [1.54, 1.807) is 30.9 Å². The Hall–Kier alpha value is -2.41. The molecular formula is C19H19FN2O3S. The number of sulfonamides is 1. The Balaban J connectivity index is 1.76. The van der Waals surface area contributed by atoms with E-state index in [9.17, 15) is 17.6 Å². The molecule has 5 nitrogen and oxygen atoms in total. The molecule has 136 valence electrons. The van der Waals surface area contributed by atoms with Crippen molar-refractivity contribution in [2.45, 2.75) is 37.5 Å². The fourth-order valence-corrected chi connectivity index (χ4v) is 4.83. The molecule has 2 aliphatic rings. The maximum Gasteiger partial charge on any atom is 0.261 e. The van der Waals surface area contributed by atoms with Crippen molar-refractivity contribution in [3.63, 3.8) is 0 Å². The van der Waals surface area contributed by atoms with Crippen LogP contribution in [0.25, 0.3) is 0 Å². The average molecular weight is 374 g/mol. The van der Waals surface area contributed by atoms with E-state index in [0.717, 1.165) is 35.7 Å². The van der Waals surface area contributed by atoms with E-state index in [1.807, 2.05) is 0 Å². The van der Waals surface area contributed by atoms with Gasteiger partial charge in [-0.05, 0) is 67.6 Å². The van der Waals surface area contributed by atoms with Gasteiger partial charge in [-0.3, -0.25) is 9.52 Å². The van der Waals surface area contributed by atoms with Crippen LogP contribution in [0.15, 0.2) is 35.2 Å². The molecule has 0 bridgehead atoms. The average Bonchev–Trinajstić information content (AvgIpc) is 2.85. The van der Waals surface area contributed by atoms with Crippen LogP contribution in [0.1, 0.15) is 36.0 Å². The van der Waals surface area contributed by atoms with Gasteiger partial charge in [0.2, 0.25) is 5.91 Å². The minimum Gasteiger partial charge on any atom is -0.311 e. The summed E-state index contributed by atoms with van der Waals surface area (Å²) < 4.78 is 41.8. The van der Waals surface area contributed by atoms with E-state index in [0.29, 0.717) is 12.1 Å². The van der Waals surface area contributed by atoms with Gasteiger partial charge in [0.1, 0.15) is 5.82 Å². The number of amides is 1. The topological polar surface area (TPSA) is 66.5 Å². The second-order valence-electron chi connectivity index (χ2n) is 6.90. The van der Waals surface area contributed by atoms with Crippen LogP contribution in [0.3, 0.4) is 0 Å². The van der Waals surface area contributed by atoms with Gasteiger partial charge in [-0.1, -0.05) is 6.07 Å². The number of hydrogen-bond donors (Lipinski definition) is 1. The summed E-state index contributed by atoms with van der Waals surface area (Å²) in [4.78, 5) is 14.3. The summed E-state index contributed by atoms with van der Waals surface area (Å²) in [7, 11) is -3.88. The third-order valence-corrected chi connectivity index (χ3v) is 6.49. The number of halogens is 1. The van der Waals surface area contributed by atoms with E-state index >= 15 is 0 Å². The molecular weight excluding hydrogens is 355 g/mol. The molecule has 4 rings (SSSR count). The van der Waals surface area contributed by atoms with Gasteiger partial charge in [0.25, 0.3) is 10.0 Å². The van der Waals surface area contributed by atoms with E-state index in [1.165, 1.54) is 12.1 Å². The smallest absolute Gasteiger partial charge is 0.261 e. The van der Waals surface area contributed by atoms with Gasteiger partial charge < -0.3 is 4.90 Å². The number of carbonyl (C=O) groups excluding carboxylic acids is 1. The zero-order chi connectivity index (χ0) is 18.6. The number of aryl methyl sites for hydroxylation is 2. The summed E-state index contributed by atoms with van der Waals surface area (Å²) in [6.07, 6.45) is 1.55. The minimum atomic E-state index is -3.88. The van der Waals surface area contributed by atoms with E-state index in [-0.39, 0.29) is 22.4 Å². The van der Waals surface area contributed by atoms with Crippen LogP contribution in [0.2, 0.25) is 0 Å². The molecule has 0 aromatic heterocycles. The maximum absolute atomic E-state index is 13.7. The molecule has 1 amide bonds. The monoisotopic (exact) mass is 374 g/mol. The summed E-state index contributed by atoms with van der Waals surface area (Å²) in [6, 6.07) is 7.42. The van der Waals surface area contributed by atoms with Crippen molar-refractivity contribution in [3.05, 3.63) is 52.8 Å². The molecule has 2 aliphatic heterocycles. The lowest BCUT2D eigenvalue weighted by molar-refractivity contribution is -0.119. The van der Waals surface area contributed by atoms with Crippen LogP contribution < -0.4 is 9.62 Å². The molecule has 2 heterocycles. The van der Waals surface area contributed by atoms with Gasteiger partial charge in [-0.25, -0.2) is 12.8 Å². The highest BCUT2D eigenvalue weighted by Crippen LogP contribution is 2.44. The first-order valence-corrected chi connectivity index (χ1v) is 10.0. The van der Waals surface area contributed by atoms with Gasteiger partial charge in [0.15, 0.2) is 0 Å². The standard InChI is InChI=1S/C19H19FN2O3S/c1-11-5-6-14(9-17(11)20)21-26(24,25)15-8-13-4-3-7-22-18(13)16(10-15)12(2)19(22)23/h5-6,8-10,12,21H,3-4,7H2,1-2H3/t12-/m0/s1. The fourth-order valence-electron chi connectivity index (χ4n) is 3.69. The third-order valence-electron chi connectivity index (χ3n) is 5.13. The minimum absolute atomic E-state index is 0.0177. The van der Waals surface area contributed by atoms with Gasteiger partial charge in [-0.15, -0.1) is 0 Å². The normalized spacial score (nSPS) is 18.8. The molecule has 0 spiro atoms. The molecule has 0 aliphatic carbocycles. The number of nitrogens with zero attached hydrogens (tertiary/aromatic N) is 1. The molecule has 1 N–H and O–H groups in total. The van der Waals surface area contributed by atoms with Crippen molar-refractivity contribution < 1.29 is 17.6 Å². The highest BCUT2D eigenvalue weighted by Gasteiger charge is 2.38. The van der Waals surface area contributed by atoms with Crippen LogP contribution in [-0.2, 0) is 21.2 Å². The molecule has 2 aromatic rings. The Bertz CT molecular complexity index is 1030. The Labute approximate surface area is 151 Å². The highest BCUT2D eigenvalue weighted by molar-refractivity contribution is 7.92. The molecule has 0 saturated carbocycles. The van der Waals surface area contributed by atoms with Crippen LogP contribution in [-0.4, -0.2) is 20.9 Å². The van der Waals surface area contributed by atoms with Crippen LogP contribution >= 0.6 is 0 Å². The molecule has 0 fully saturated rings. The van der Waals surface area contributed by atoms with Crippen LogP contribution in [0.4, 0.5) is 15.8 Å². The second-order valence-corrected chi connectivity index (χ2v) is 8.59. The highest BCUT2D eigenvalue weighted by atomic mass is 32.2. The maximum atomic E-state index is 13.7. The third kappa shape index (κ3) is 2.58. The lowest BCUT2D eigenvalue weighted by Crippen LogP contribution is -2.32. The first kappa shape index (κ1) is 17.0. The van der Waals surface area contributed by atoms with E-state index in [2.05, 4.69) is 4.72 Å². The summed E-state index contributed by atoms with van der Waals surface area (Å²) in [5.74, 6) is -0.804. The van der Waals surface area contributed by atoms with Gasteiger partial charge >= 0.3 is 0 Å². The second kappa shape index (κ2) is 5.81.